The molecule has 2 aliphatic carbocycles. The van der Waals surface area contributed by atoms with Crippen molar-refractivity contribution in [2.75, 3.05) is 0 Å². The molecule has 1 aromatic carbocycles. The molecule has 0 heterocycles. The van der Waals surface area contributed by atoms with Crippen LogP contribution < -0.4 is 0 Å². The van der Waals surface area contributed by atoms with Crippen LogP contribution in [0.4, 0.5) is 0 Å². The predicted molar refractivity (Wildman–Crippen MR) is 86.4 cm³/mol. The molecule has 0 aliphatic heterocycles. The van der Waals surface area contributed by atoms with Crippen molar-refractivity contribution in [1.82, 2.24) is 0 Å². The van der Waals surface area contributed by atoms with Crippen molar-refractivity contribution in [3.05, 3.63) is 33.8 Å². The molecule has 0 aromatic heterocycles. The highest BCUT2D eigenvalue weighted by Crippen LogP contribution is 2.50. The van der Waals surface area contributed by atoms with Crippen LogP contribution in [0.15, 0.2) is 18.2 Å². The van der Waals surface area contributed by atoms with Gasteiger partial charge in [-0.1, -0.05) is 51.6 Å². The standard InChI is InChI=1S/C16H19BrCl2/c17-14(7-11-2-4-15(18)16(19)8-11)9-13-6-10-1-3-12(13)5-10/h2,4,8,10,12-14H,1,3,5-7,9H2. The van der Waals surface area contributed by atoms with Gasteiger partial charge in [0.1, 0.15) is 0 Å². The van der Waals surface area contributed by atoms with Crippen molar-refractivity contribution in [1.29, 1.82) is 0 Å². The summed E-state index contributed by atoms with van der Waals surface area (Å²) in [7, 11) is 0. The number of alkyl halides is 1. The van der Waals surface area contributed by atoms with Gasteiger partial charge >= 0.3 is 0 Å². The van der Waals surface area contributed by atoms with Gasteiger partial charge in [-0.2, -0.15) is 0 Å². The summed E-state index contributed by atoms with van der Waals surface area (Å²) in [5.41, 5.74) is 1.28. The topological polar surface area (TPSA) is 0 Å². The lowest BCUT2D eigenvalue weighted by Crippen LogP contribution is -2.16. The zero-order valence-corrected chi connectivity index (χ0v) is 14.0. The summed E-state index contributed by atoms with van der Waals surface area (Å²) < 4.78 is 0. The molecule has 1 aromatic rings. The molecule has 0 radical (unpaired) electrons. The molecule has 2 saturated carbocycles. The van der Waals surface area contributed by atoms with E-state index in [4.69, 9.17) is 23.2 Å². The summed E-state index contributed by atoms with van der Waals surface area (Å²) in [6.07, 6.45) is 8.28. The molecule has 104 valence electrons. The van der Waals surface area contributed by atoms with Crippen molar-refractivity contribution in [2.24, 2.45) is 17.8 Å². The second kappa shape index (κ2) is 5.95. The van der Waals surface area contributed by atoms with Crippen LogP contribution in [0.25, 0.3) is 0 Å². The minimum atomic E-state index is 0.564. The summed E-state index contributed by atoms with van der Waals surface area (Å²) >= 11 is 15.9. The molecule has 0 N–H and O–H groups in total. The van der Waals surface area contributed by atoms with E-state index in [0.29, 0.717) is 14.9 Å². The maximum atomic E-state index is 6.07. The monoisotopic (exact) mass is 360 g/mol. The first-order valence-electron chi connectivity index (χ1n) is 7.20. The number of halogens is 3. The Balaban J connectivity index is 1.56. The SMILES string of the molecule is Clc1ccc(CC(Br)CC2CC3CCC2C3)cc1Cl. The molecule has 0 spiro atoms. The molecule has 2 fully saturated rings. The van der Waals surface area contributed by atoms with Crippen LogP contribution in [0.5, 0.6) is 0 Å². The molecule has 0 amide bonds. The fourth-order valence-electron chi connectivity index (χ4n) is 4.00. The number of hydrogen-bond acceptors (Lipinski definition) is 0. The lowest BCUT2D eigenvalue weighted by atomic mass is 9.85. The second-order valence-corrected chi connectivity index (χ2v) is 8.33. The second-order valence-electron chi connectivity index (χ2n) is 6.22. The fraction of sp³-hybridized carbons (Fsp3) is 0.625. The van der Waals surface area contributed by atoms with Gasteiger partial charge in [-0.3, -0.25) is 0 Å². The number of hydrogen-bond donors (Lipinski definition) is 0. The molecule has 4 atom stereocenters. The zero-order chi connectivity index (χ0) is 13.4. The minimum Gasteiger partial charge on any atom is -0.0887 e. The third kappa shape index (κ3) is 3.31. The van der Waals surface area contributed by atoms with E-state index in [1.54, 1.807) is 0 Å². The average Bonchev–Trinajstić information content (AvgIpc) is 2.96. The first kappa shape index (κ1) is 14.2. The van der Waals surface area contributed by atoms with Crippen LogP contribution in [0, 0.1) is 17.8 Å². The van der Waals surface area contributed by atoms with Crippen molar-refractivity contribution < 1.29 is 0 Å². The van der Waals surface area contributed by atoms with E-state index in [2.05, 4.69) is 22.0 Å². The number of rotatable bonds is 4. The number of fused-ring (bicyclic) bond motifs is 2. The quantitative estimate of drug-likeness (QED) is 0.566. The predicted octanol–water partition coefficient (Wildman–Crippen LogP) is 6.13. The molecule has 3 heteroatoms. The Morgan fingerprint density at radius 1 is 1.16 bits per heavy atom. The van der Waals surface area contributed by atoms with Crippen molar-refractivity contribution in [3.8, 4) is 0 Å². The molecular formula is C16H19BrCl2. The van der Waals surface area contributed by atoms with E-state index in [9.17, 15) is 0 Å². The Bertz CT molecular complexity index is 460. The Kier molecular flexibility index (Phi) is 4.46. The molecule has 0 nitrogen and oxygen atoms in total. The van der Waals surface area contributed by atoms with Gasteiger partial charge in [-0.25, -0.2) is 0 Å². The van der Waals surface area contributed by atoms with Crippen molar-refractivity contribution in [3.63, 3.8) is 0 Å². The van der Waals surface area contributed by atoms with Crippen LogP contribution in [0.2, 0.25) is 10.0 Å². The van der Waals surface area contributed by atoms with Gasteiger partial charge in [0.2, 0.25) is 0 Å². The Morgan fingerprint density at radius 2 is 2.00 bits per heavy atom. The Hall–Kier alpha value is 0.280. The van der Waals surface area contributed by atoms with Gasteiger partial charge in [-0.05, 0) is 67.6 Å². The molecule has 19 heavy (non-hydrogen) atoms. The van der Waals surface area contributed by atoms with Crippen molar-refractivity contribution >= 4 is 39.1 Å². The maximum absolute atomic E-state index is 6.07. The largest absolute Gasteiger partial charge is 0.0887 e. The van der Waals surface area contributed by atoms with Crippen LogP contribution in [-0.2, 0) is 6.42 Å². The molecule has 2 aliphatic rings. The fourth-order valence-corrected chi connectivity index (χ4v) is 5.17. The first-order valence-corrected chi connectivity index (χ1v) is 8.87. The smallest absolute Gasteiger partial charge is 0.0595 e. The van der Waals surface area contributed by atoms with E-state index in [-0.39, 0.29) is 0 Å². The first-order chi connectivity index (χ1) is 9.11. The third-order valence-electron chi connectivity index (χ3n) is 4.88. The Morgan fingerprint density at radius 3 is 2.63 bits per heavy atom. The van der Waals surface area contributed by atoms with Crippen molar-refractivity contribution in [2.45, 2.75) is 43.4 Å². The zero-order valence-electron chi connectivity index (χ0n) is 10.9. The molecule has 3 rings (SSSR count). The lowest BCUT2D eigenvalue weighted by molar-refractivity contribution is 0.313. The molecular weight excluding hydrogens is 343 g/mol. The van der Waals surface area contributed by atoms with Crippen LogP contribution in [0.3, 0.4) is 0 Å². The lowest BCUT2D eigenvalue weighted by Gasteiger charge is -2.24. The van der Waals surface area contributed by atoms with Crippen LogP contribution in [-0.4, -0.2) is 4.83 Å². The normalized spacial score (nSPS) is 30.8. The van der Waals surface area contributed by atoms with Gasteiger partial charge in [0, 0.05) is 4.83 Å². The van der Waals surface area contributed by atoms with E-state index < -0.39 is 0 Å². The van der Waals surface area contributed by atoms with Gasteiger partial charge in [0.05, 0.1) is 10.0 Å². The summed E-state index contributed by atoms with van der Waals surface area (Å²) in [5.74, 6) is 3.00. The summed E-state index contributed by atoms with van der Waals surface area (Å²) in [6.45, 7) is 0. The highest BCUT2D eigenvalue weighted by Gasteiger charge is 2.39. The average molecular weight is 362 g/mol. The minimum absolute atomic E-state index is 0.564. The van der Waals surface area contributed by atoms with Crippen LogP contribution in [0.1, 0.15) is 37.7 Å². The molecule has 0 saturated heterocycles. The van der Waals surface area contributed by atoms with Gasteiger partial charge in [0.25, 0.3) is 0 Å². The van der Waals surface area contributed by atoms with Crippen LogP contribution >= 0.6 is 39.1 Å². The highest BCUT2D eigenvalue weighted by molar-refractivity contribution is 9.09. The van der Waals surface area contributed by atoms with E-state index in [1.165, 1.54) is 37.7 Å². The number of benzene rings is 1. The highest BCUT2D eigenvalue weighted by atomic mass is 79.9. The van der Waals surface area contributed by atoms with E-state index >= 15 is 0 Å². The van der Waals surface area contributed by atoms with Gasteiger partial charge < -0.3 is 0 Å². The molecule has 2 bridgehead atoms. The van der Waals surface area contributed by atoms with Gasteiger partial charge in [-0.15, -0.1) is 0 Å². The summed E-state index contributed by atoms with van der Waals surface area (Å²) in [4.78, 5) is 0.564. The Labute approximate surface area is 134 Å². The third-order valence-corrected chi connectivity index (χ3v) is 6.32. The summed E-state index contributed by atoms with van der Waals surface area (Å²) in [6, 6.07) is 5.98. The summed E-state index contributed by atoms with van der Waals surface area (Å²) in [5, 5.41) is 1.31. The maximum Gasteiger partial charge on any atom is 0.0595 e. The molecule has 4 unspecified atom stereocenters. The van der Waals surface area contributed by atoms with Gasteiger partial charge in [0.15, 0.2) is 0 Å². The van der Waals surface area contributed by atoms with E-state index in [0.717, 1.165) is 24.2 Å². The van der Waals surface area contributed by atoms with E-state index in [1.807, 2.05) is 12.1 Å².